The van der Waals surface area contributed by atoms with Gasteiger partial charge in [-0.25, -0.2) is 4.68 Å². The van der Waals surface area contributed by atoms with Crippen molar-refractivity contribution in [1.82, 2.24) is 9.78 Å². The molecule has 1 aliphatic heterocycles. The zero-order valence-corrected chi connectivity index (χ0v) is 13.1. The fraction of sp³-hybridized carbons (Fsp3) is 0.400. The summed E-state index contributed by atoms with van der Waals surface area (Å²) < 4.78 is 8.35. The summed E-state index contributed by atoms with van der Waals surface area (Å²) in [5, 5.41) is 8.26. The predicted molar refractivity (Wildman–Crippen MR) is 83.4 cm³/mol. The lowest BCUT2D eigenvalue weighted by molar-refractivity contribution is 0.180. The summed E-state index contributed by atoms with van der Waals surface area (Å²) in [6.07, 6.45) is 3.45. The van der Waals surface area contributed by atoms with Gasteiger partial charge in [-0.15, -0.1) is 0 Å². The molecule has 2 heterocycles. The highest BCUT2D eigenvalue weighted by Gasteiger charge is 2.20. The largest absolute Gasteiger partial charge is 0.378 e. The molecule has 1 aromatic heterocycles. The average molecular weight is 336 g/mol. The van der Waals surface area contributed by atoms with Crippen LogP contribution in [0.4, 0.5) is 5.82 Å². The second-order valence-electron chi connectivity index (χ2n) is 4.98. The molecule has 5 heteroatoms. The minimum absolute atomic E-state index is 0.561. The van der Waals surface area contributed by atoms with Gasteiger partial charge in [0.2, 0.25) is 0 Å². The highest BCUT2D eigenvalue weighted by atomic mass is 79.9. The van der Waals surface area contributed by atoms with E-state index in [1.54, 1.807) is 7.11 Å². The Kier molecular flexibility index (Phi) is 4.08. The third kappa shape index (κ3) is 2.60. The second kappa shape index (κ2) is 5.97. The normalized spacial score (nSPS) is 14.5. The lowest BCUT2D eigenvalue weighted by atomic mass is 10.1. The summed E-state index contributed by atoms with van der Waals surface area (Å²) in [5.41, 5.74) is 3.40. The molecule has 1 N–H and O–H groups in total. The third-order valence-electron chi connectivity index (χ3n) is 3.55. The zero-order valence-electron chi connectivity index (χ0n) is 11.5. The molecule has 1 aliphatic rings. The number of hydrogen-bond donors (Lipinski definition) is 1. The predicted octanol–water partition coefficient (Wildman–Crippen LogP) is 3.53. The van der Waals surface area contributed by atoms with Crippen molar-refractivity contribution in [2.45, 2.75) is 25.9 Å². The van der Waals surface area contributed by atoms with E-state index < -0.39 is 0 Å². The SMILES string of the molecule is COCc1nn(-c2cccc(Br)c2)c2c1CCCCN2. The maximum atomic E-state index is 5.29. The highest BCUT2D eigenvalue weighted by Crippen LogP contribution is 2.29. The number of methoxy groups -OCH3 is 1. The number of nitrogens with zero attached hydrogens (tertiary/aromatic N) is 2. The molecule has 4 nitrogen and oxygen atoms in total. The van der Waals surface area contributed by atoms with Crippen LogP contribution in [-0.2, 0) is 17.8 Å². The fourth-order valence-corrected chi connectivity index (χ4v) is 3.01. The molecule has 0 radical (unpaired) electrons. The Hall–Kier alpha value is -1.33. The Morgan fingerprint density at radius 1 is 1.40 bits per heavy atom. The van der Waals surface area contributed by atoms with E-state index >= 15 is 0 Å². The van der Waals surface area contributed by atoms with E-state index in [1.807, 2.05) is 16.8 Å². The van der Waals surface area contributed by atoms with E-state index in [4.69, 9.17) is 9.84 Å². The van der Waals surface area contributed by atoms with Gasteiger partial charge in [0.15, 0.2) is 0 Å². The van der Waals surface area contributed by atoms with Crippen molar-refractivity contribution < 1.29 is 4.74 Å². The number of ether oxygens (including phenoxy) is 1. The van der Waals surface area contributed by atoms with Crippen molar-refractivity contribution >= 4 is 21.7 Å². The lowest BCUT2D eigenvalue weighted by Gasteiger charge is -2.09. The molecule has 3 rings (SSSR count). The van der Waals surface area contributed by atoms with Crippen LogP contribution in [0, 0.1) is 0 Å². The third-order valence-corrected chi connectivity index (χ3v) is 4.04. The van der Waals surface area contributed by atoms with Gasteiger partial charge in [-0.1, -0.05) is 22.0 Å². The number of fused-ring (bicyclic) bond motifs is 1. The van der Waals surface area contributed by atoms with Crippen LogP contribution >= 0.6 is 15.9 Å². The molecule has 0 atom stereocenters. The number of hydrogen-bond acceptors (Lipinski definition) is 3. The second-order valence-corrected chi connectivity index (χ2v) is 5.90. The number of rotatable bonds is 3. The summed E-state index contributed by atoms with van der Waals surface area (Å²) in [6.45, 7) is 1.56. The van der Waals surface area contributed by atoms with E-state index in [1.165, 1.54) is 18.4 Å². The van der Waals surface area contributed by atoms with Crippen molar-refractivity contribution in [3.8, 4) is 5.69 Å². The Balaban J connectivity index is 2.10. The molecule has 2 aromatic rings. The first kappa shape index (κ1) is 13.6. The molecule has 0 unspecified atom stereocenters. The van der Waals surface area contributed by atoms with Crippen molar-refractivity contribution in [2.24, 2.45) is 0 Å². The van der Waals surface area contributed by atoms with Crippen LogP contribution in [0.5, 0.6) is 0 Å². The van der Waals surface area contributed by atoms with Gasteiger partial charge in [0.05, 0.1) is 18.0 Å². The number of aromatic nitrogens is 2. The summed E-state index contributed by atoms with van der Waals surface area (Å²) in [4.78, 5) is 0. The van der Waals surface area contributed by atoms with E-state index in [0.717, 1.165) is 34.6 Å². The van der Waals surface area contributed by atoms with Gasteiger partial charge in [0, 0.05) is 23.7 Å². The number of benzene rings is 1. The summed E-state index contributed by atoms with van der Waals surface area (Å²) in [5.74, 6) is 1.12. The van der Waals surface area contributed by atoms with Gasteiger partial charge in [-0.2, -0.15) is 5.10 Å². The van der Waals surface area contributed by atoms with Gasteiger partial charge in [-0.3, -0.25) is 0 Å². The number of halogens is 1. The first-order chi connectivity index (χ1) is 9.79. The minimum Gasteiger partial charge on any atom is -0.378 e. The van der Waals surface area contributed by atoms with Crippen LogP contribution in [0.25, 0.3) is 5.69 Å². The van der Waals surface area contributed by atoms with E-state index in [2.05, 4.69) is 33.4 Å². The Morgan fingerprint density at radius 2 is 2.30 bits per heavy atom. The van der Waals surface area contributed by atoms with Gasteiger partial charge in [-0.05, 0) is 37.5 Å². The molecule has 0 amide bonds. The maximum absolute atomic E-state index is 5.29. The van der Waals surface area contributed by atoms with Gasteiger partial charge < -0.3 is 10.1 Å². The van der Waals surface area contributed by atoms with Crippen LogP contribution in [0.2, 0.25) is 0 Å². The van der Waals surface area contributed by atoms with Crippen LogP contribution in [0.3, 0.4) is 0 Å². The molecule has 0 saturated heterocycles. The fourth-order valence-electron chi connectivity index (χ4n) is 2.62. The molecule has 20 heavy (non-hydrogen) atoms. The maximum Gasteiger partial charge on any atom is 0.133 e. The highest BCUT2D eigenvalue weighted by molar-refractivity contribution is 9.10. The number of nitrogens with one attached hydrogen (secondary N) is 1. The Morgan fingerprint density at radius 3 is 3.10 bits per heavy atom. The van der Waals surface area contributed by atoms with Crippen LogP contribution < -0.4 is 5.32 Å². The van der Waals surface area contributed by atoms with Crippen LogP contribution in [0.1, 0.15) is 24.1 Å². The van der Waals surface area contributed by atoms with Crippen LogP contribution in [0.15, 0.2) is 28.7 Å². The van der Waals surface area contributed by atoms with E-state index in [-0.39, 0.29) is 0 Å². The average Bonchev–Trinajstić information content (AvgIpc) is 2.62. The first-order valence-electron chi connectivity index (χ1n) is 6.89. The molecule has 0 aliphatic carbocycles. The van der Waals surface area contributed by atoms with Crippen LogP contribution in [-0.4, -0.2) is 23.4 Å². The topological polar surface area (TPSA) is 39.1 Å². The van der Waals surface area contributed by atoms with Crippen molar-refractivity contribution in [1.29, 1.82) is 0 Å². The Labute approximate surface area is 127 Å². The molecule has 0 saturated carbocycles. The summed E-state index contributed by atoms with van der Waals surface area (Å²) in [6, 6.07) is 8.20. The molecule has 0 spiro atoms. The van der Waals surface area contributed by atoms with E-state index in [0.29, 0.717) is 6.61 Å². The number of anilines is 1. The molecule has 0 bridgehead atoms. The van der Waals surface area contributed by atoms with Gasteiger partial charge in [0.25, 0.3) is 0 Å². The monoisotopic (exact) mass is 335 g/mol. The summed E-state index contributed by atoms with van der Waals surface area (Å²) in [7, 11) is 1.72. The summed E-state index contributed by atoms with van der Waals surface area (Å²) >= 11 is 3.52. The van der Waals surface area contributed by atoms with Crippen molar-refractivity contribution in [2.75, 3.05) is 19.0 Å². The van der Waals surface area contributed by atoms with Crippen molar-refractivity contribution in [3.63, 3.8) is 0 Å². The standard InChI is InChI=1S/C15H18BrN3O/c1-20-10-14-13-7-2-3-8-17-15(13)19(18-14)12-6-4-5-11(16)9-12/h4-6,9,17H,2-3,7-8,10H2,1H3. The lowest BCUT2D eigenvalue weighted by Crippen LogP contribution is -2.07. The van der Waals surface area contributed by atoms with Gasteiger partial charge >= 0.3 is 0 Å². The molecule has 1 aromatic carbocycles. The molecular formula is C15H18BrN3O. The minimum atomic E-state index is 0.561. The smallest absolute Gasteiger partial charge is 0.133 e. The Bertz CT molecular complexity index is 609. The van der Waals surface area contributed by atoms with Crippen molar-refractivity contribution in [3.05, 3.63) is 40.0 Å². The van der Waals surface area contributed by atoms with E-state index in [9.17, 15) is 0 Å². The molecular weight excluding hydrogens is 318 g/mol. The van der Waals surface area contributed by atoms with Gasteiger partial charge in [0.1, 0.15) is 5.82 Å². The first-order valence-corrected chi connectivity index (χ1v) is 7.68. The zero-order chi connectivity index (χ0) is 13.9. The quantitative estimate of drug-likeness (QED) is 0.932. The molecule has 106 valence electrons. The molecule has 0 fully saturated rings.